The molecule has 0 heterocycles. The van der Waals surface area contributed by atoms with Crippen LogP contribution in [0.25, 0.3) is 10.4 Å². The summed E-state index contributed by atoms with van der Waals surface area (Å²) < 4.78 is 0. The number of aromatic hydroxyl groups is 1. The number of nitrogens with zero attached hydrogens (tertiary/aromatic N) is 4. The molecule has 0 fully saturated rings. The summed E-state index contributed by atoms with van der Waals surface area (Å²) in [5.41, 5.74) is 9.05. The third kappa shape index (κ3) is 3.79. The zero-order valence-electron chi connectivity index (χ0n) is 8.67. The summed E-state index contributed by atoms with van der Waals surface area (Å²) in [6.45, 7) is 1.29. The Morgan fingerprint density at radius 2 is 2.33 bits per heavy atom. The second kappa shape index (κ2) is 5.78. The van der Waals surface area contributed by atoms with Gasteiger partial charge in [0.15, 0.2) is 0 Å². The average molecular weight is 206 g/mol. The van der Waals surface area contributed by atoms with Crippen LogP contribution in [0.15, 0.2) is 29.4 Å². The molecular formula is C10H14N4O. The van der Waals surface area contributed by atoms with Crippen LogP contribution in [0.4, 0.5) is 5.69 Å². The molecule has 0 aromatic heterocycles. The SMILES string of the molecule is CN(CCCN=[N+]=[N-])c1cccc(O)c1. The van der Waals surface area contributed by atoms with Crippen molar-refractivity contribution >= 4 is 5.69 Å². The van der Waals surface area contributed by atoms with Crippen molar-refractivity contribution in [2.24, 2.45) is 5.11 Å². The van der Waals surface area contributed by atoms with E-state index in [1.807, 2.05) is 18.0 Å². The van der Waals surface area contributed by atoms with Gasteiger partial charge in [-0.15, -0.1) is 0 Å². The van der Waals surface area contributed by atoms with Crippen LogP contribution in [0.2, 0.25) is 0 Å². The van der Waals surface area contributed by atoms with Crippen molar-refractivity contribution in [3.8, 4) is 5.75 Å². The van der Waals surface area contributed by atoms with Crippen LogP contribution >= 0.6 is 0 Å². The second-order valence-corrected chi connectivity index (χ2v) is 3.25. The highest BCUT2D eigenvalue weighted by molar-refractivity contribution is 5.49. The number of hydrogen-bond donors (Lipinski definition) is 1. The standard InChI is InChI=1S/C10H14N4O/c1-14(7-3-6-12-13-11)9-4-2-5-10(15)8-9/h2,4-5,8,15H,3,6-7H2,1H3. The van der Waals surface area contributed by atoms with Crippen molar-refractivity contribution in [2.75, 3.05) is 25.0 Å². The topological polar surface area (TPSA) is 72.2 Å². The van der Waals surface area contributed by atoms with Crippen LogP contribution in [0.3, 0.4) is 0 Å². The second-order valence-electron chi connectivity index (χ2n) is 3.25. The zero-order chi connectivity index (χ0) is 11.1. The first-order chi connectivity index (χ1) is 7.24. The van der Waals surface area contributed by atoms with Gasteiger partial charge in [0.25, 0.3) is 0 Å². The number of azide groups is 1. The molecule has 0 saturated heterocycles. The van der Waals surface area contributed by atoms with Crippen molar-refractivity contribution in [2.45, 2.75) is 6.42 Å². The maximum atomic E-state index is 9.28. The molecule has 0 atom stereocenters. The molecule has 15 heavy (non-hydrogen) atoms. The van der Waals surface area contributed by atoms with Gasteiger partial charge in [-0.05, 0) is 24.1 Å². The Morgan fingerprint density at radius 3 is 3.00 bits per heavy atom. The number of benzene rings is 1. The Balaban J connectivity index is 2.46. The fourth-order valence-electron chi connectivity index (χ4n) is 1.28. The van der Waals surface area contributed by atoms with Crippen molar-refractivity contribution in [1.82, 2.24) is 0 Å². The number of hydrogen-bond acceptors (Lipinski definition) is 3. The first kappa shape index (κ1) is 11.2. The Kier molecular flexibility index (Phi) is 4.31. The molecule has 0 unspecified atom stereocenters. The van der Waals surface area contributed by atoms with Gasteiger partial charge in [-0.1, -0.05) is 11.2 Å². The van der Waals surface area contributed by atoms with E-state index >= 15 is 0 Å². The van der Waals surface area contributed by atoms with Gasteiger partial charge < -0.3 is 10.0 Å². The Morgan fingerprint density at radius 1 is 1.53 bits per heavy atom. The summed E-state index contributed by atoms with van der Waals surface area (Å²) in [7, 11) is 1.94. The predicted octanol–water partition coefficient (Wildman–Crippen LogP) is 2.53. The molecule has 0 radical (unpaired) electrons. The van der Waals surface area contributed by atoms with E-state index in [4.69, 9.17) is 5.53 Å². The monoisotopic (exact) mass is 206 g/mol. The Hall–Kier alpha value is -1.87. The molecular weight excluding hydrogens is 192 g/mol. The lowest BCUT2D eigenvalue weighted by molar-refractivity contribution is 0.475. The summed E-state index contributed by atoms with van der Waals surface area (Å²) in [6, 6.07) is 7.06. The van der Waals surface area contributed by atoms with Gasteiger partial charge in [0.1, 0.15) is 5.75 Å². The lowest BCUT2D eigenvalue weighted by Crippen LogP contribution is -2.18. The largest absolute Gasteiger partial charge is 0.508 e. The van der Waals surface area contributed by atoms with Crippen molar-refractivity contribution < 1.29 is 5.11 Å². The van der Waals surface area contributed by atoms with Crippen molar-refractivity contribution in [3.63, 3.8) is 0 Å². The van der Waals surface area contributed by atoms with Crippen LogP contribution in [-0.2, 0) is 0 Å². The molecule has 5 nitrogen and oxygen atoms in total. The van der Waals surface area contributed by atoms with Gasteiger partial charge in [0.05, 0.1) is 0 Å². The first-order valence-corrected chi connectivity index (χ1v) is 4.75. The fourth-order valence-corrected chi connectivity index (χ4v) is 1.28. The van der Waals surface area contributed by atoms with Gasteiger partial charge in [-0.3, -0.25) is 0 Å². The average Bonchev–Trinajstić information content (AvgIpc) is 2.24. The lowest BCUT2D eigenvalue weighted by atomic mass is 10.2. The molecule has 80 valence electrons. The summed E-state index contributed by atoms with van der Waals surface area (Å²) >= 11 is 0. The minimum absolute atomic E-state index is 0.259. The fraction of sp³-hybridized carbons (Fsp3) is 0.400. The summed E-state index contributed by atoms with van der Waals surface area (Å²) in [5, 5.41) is 12.7. The van der Waals surface area contributed by atoms with Crippen molar-refractivity contribution in [1.29, 1.82) is 0 Å². The minimum Gasteiger partial charge on any atom is -0.508 e. The molecule has 1 aromatic rings. The van der Waals surface area contributed by atoms with Crippen LogP contribution in [0.5, 0.6) is 5.75 Å². The molecule has 1 aromatic carbocycles. The molecule has 0 amide bonds. The van der Waals surface area contributed by atoms with E-state index in [1.165, 1.54) is 0 Å². The van der Waals surface area contributed by atoms with Gasteiger partial charge in [-0.2, -0.15) is 0 Å². The van der Waals surface area contributed by atoms with E-state index < -0.39 is 0 Å². The van der Waals surface area contributed by atoms with Crippen LogP contribution in [0.1, 0.15) is 6.42 Å². The number of rotatable bonds is 5. The summed E-state index contributed by atoms with van der Waals surface area (Å²) in [6.07, 6.45) is 0.802. The van der Waals surface area contributed by atoms with E-state index in [0.717, 1.165) is 18.7 Å². The number of phenols is 1. The van der Waals surface area contributed by atoms with E-state index in [2.05, 4.69) is 10.0 Å². The summed E-state index contributed by atoms with van der Waals surface area (Å²) in [4.78, 5) is 4.69. The molecule has 1 rings (SSSR count). The molecule has 0 aliphatic carbocycles. The molecule has 0 saturated carbocycles. The third-order valence-electron chi connectivity index (χ3n) is 2.09. The number of phenolic OH excluding ortho intramolecular Hbond substituents is 1. The number of anilines is 1. The van der Waals surface area contributed by atoms with E-state index in [0.29, 0.717) is 6.54 Å². The Bertz CT molecular complexity index is 360. The normalized spacial score (nSPS) is 9.40. The molecule has 5 heteroatoms. The quantitative estimate of drug-likeness (QED) is 0.348. The maximum absolute atomic E-state index is 9.28. The Labute approximate surface area is 88.6 Å². The van der Waals surface area contributed by atoms with Crippen LogP contribution in [0, 0.1) is 0 Å². The highest BCUT2D eigenvalue weighted by Crippen LogP contribution is 2.18. The van der Waals surface area contributed by atoms with Gasteiger partial charge in [-0.25, -0.2) is 0 Å². The zero-order valence-corrected chi connectivity index (χ0v) is 8.67. The first-order valence-electron chi connectivity index (χ1n) is 4.75. The van der Waals surface area contributed by atoms with Crippen LogP contribution < -0.4 is 4.90 Å². The molecule has 0 aliphatic rings. The van der Waals surface area contributed by atoms with E-state index in [-0.39, 0.29) is 5.75 Å². The van der Waals surface area contributed by atoms with Gasteiger partial charge in [0.2, 0.25) is 0 Å². The van der Waals surface area contributed by atoms with E-state index in [1.54, 1.807) is 18.2 Å². The summed E-state index contributed by atoms with van der Waals surface area (Å²) in [5.74, 6) is 0.259. The highest BCUT2D eigenvalue weighted by Gasteiger charge is 2.00. The molecule has 0 spiro atoms. The predicted molar refractivity (Wildman–Crippen MR) is 60.0 cm³/mol. The van der Waals surface area contributed by atoms with Crippen LogP contribution in [-0.4, -0.2) is 25.2 Å². The third-order valence-corrected chi connectivity index (χ3v) is 2.09. The maximum Gasteiger partial charge on any atom is 0.117 e. The van der Waals surface area contributed by atoms with Crippen molar-refractivity contribution in [3.05, 3.63) is 34.7 Å². The lowest BCUT2D eigenvalue weighted by Gasteiger charge is -2.18. The van der Waals surface area contributed by atoms with Gasteiger partial charge >= 0.3 is 0 Å². The molecule has 0 bridgehead atoms. The smallest absolute Gasteiger partial charge is 0.117 e. The minimum atomic E-state index is 0.259. The van der Waals surface area contributed by atoms with Gasteiger partial charge in [0, 0.05) is 36.8 Å². The molecule has 1 N–H and O–H groups in total. The molecule has 0 aliphatic heterocycles. The van der Waals surface area contributed by atoms with E-state index in [9.17, 15) is 5.11 Å². The highest BCUT2D eigenvalue weighted by atomic mass is 16.3.